The zero-order chi connectivity index (χ0) is 16.2. The van der Waals surface area contributed by atoms with Crippen LogP contribution in [0.25, 0.3) is 0 Å². The van der Waals surface area contributed by atoms with Crippen molar-refractivity contribution >= 4 is 23.7 Å². The Bertz CT molecular complexity index is 555. The molecule has 0 radical (unpaired) electrons. The van der Waals surface area contributed by atoms with Crippen LogP contribution in [0.5, 0.6) is 0 Å². The van der Waals surface area contributed by atoms with Gasteiger partial charge in [-0.3, -0.25) is 4.99 Å². The van der Waals surface area contributed by atoms with Gasteiger partial charge < -0.3 is 10.2 Å². The normalized spacial score (nSPS) is 25.3. The van der Waals surface area contributed by atoms with Gasteiger partial charge in [0.1, 0.15) is 5.69 Å². The highest BCUT2D eigenvalue weighted by Crippen LogP contribution is 2.32. The monoisotopic (exact) mass is 315 g/mol. The summed E-state index contributed by atoms with van der Waals surface area (Å²) < 4.78 is 0. The maximum Gasteiger partial charge on any atom is 0.227 e. The van der Waals surface area contributed by atoms with Gasteiger partial charge in [0.05, 0.1) is 5.69 Å². The van der Waals surface area contributed by atoms with Crippen LogP contribution in [-0.2, 0) is 0 Å². The Hall–Kier alpha value is -1.65. The zero-order valence-electron chi connectivity index (χ0n) is 14.7. The first-order chi connectivity index (χ1) is 11.2. The number of aliphatic imine (C=N–C) groups is 1. The lowest BCUT2D eigenvalue weighted by atomic mass is 9.87. The first-order valence-corrected chi connectivity index (χ1v) is 9.06. The summed E-state index contributed by atoms with van der Waals surface area (Å²) >= 11 is 0. The van der Waals surface area contributed by atoms with E-state index < -0.39 is 0 Å². The van der Waals surface area contributed by atoms with E-state index in [1.165, 1.54) is 38.5 Å². The van der Waals surface area contributed by atoms with E-state index in [1.807, 2.05) is 20.1 Å². The minimum atomic E-state index is 0.512. The van der Waals surface area contributed by atoms with Crippen LogP contribution < -0.4 is 10.2 Å². The van der Waals surface area contributed by atoms with Gasteiger partial charge in [-0.25, -0.2) is 4.98 Å². The summed E-state index contributed by atoms with van der Waals surface area (Å²) in [6, 6.07) is 0.512. The Morgan fingerprint density at radius 1 is 1.13 bits per heavy atom. The predicted octanol–water partition coefficient (Wildman–Crippen LogP) is 4.10. The third-order valence-corrected chi connectivity index (χ3v) is 5.05. The first-order valence-electron chi connectivity index (χ1n) is 9.06. The summed E-state index contributed by atoms with van der Waals surface area (Å²) in [5, 5.41) is 3.67. The largest absolute Gasteiger partial charge is 0.365 e. The molecule has 5 nitrogen and oxygen atoms in total. The minimum absolute atomic E-state index is 0.512. The molecular formula is C18H29N5. The van der Waals surface area contributed by atoms with Crippen LogP contribution in [0.2, 0.25) is 0 Å². The topological polar surface area (TPSA) is 53.4 Å². The van der Waals surface area contributed by atoms with Crippen molar-refractivity contribution in [3.8, 4) is 0 Å². The number of aromatic nitrogens is 2. The third-order valence-electron chi connectivity index (χ3n) is 5.05. The maximum absolute atomic E-state index is 4.84. The van der Waals surface area contributed by atoms with Crippen molar-refractivity contribution < 1.29 is 0 Å². The van der Waals surface area contributed by atoms with Crippen molar-refractivity contribution in [1.29, 1.82) is 0 Å². The van der Waals surface area contributed by atoms with Crippen LogP contribution in [-0.4, -0.2) is 35.3 Å². The summed E-state index contributed by atoms with van der Waals surface area (Å²) in [6.07, 6.45) is 9.34. The number of anilines is 2. The number of rotatable bonds is 4. The van der Waals surface area contributed by atoms with Crippen LogP contribution in [0.1, 0.15) is 58.1 Å². The summed E-state index contributed by atoms with van der Waals surface area (Å²) in [5.41, 5.74) is 1.86. The molecule has 2 heterocycles. The van der Waals surface area contributed by atoms with Gasteiger partial charge in [0, 0.05) is 25.3 Å². The van der Waals surface area contributed by atoms with E-state index in [-0.39, 0.29) is 0 Å². The molecule has 0 bridgehead atoms. The van der Waals surface area contributed by atoms with Crippen LogP contribution in [0, 0.1) is 12.8 Å². The number of nitrogens with one attached hydrogen (secondary N) is 1. The lowest BCUT2D eigenvalue weighted by Gasteiger charge is -2.28. The molecule has 23 heavy (non-hydrogen) atoms. The van der Waals surface area contributed by atoms with Crippen LogP contribution in [0.15, 0.2) is 4.99 Å². The molecule has 1 saturated heterocycles. The fourth-order valence-corrected chi connectivity index (χ4v) is 3.59. The van der Waals surface area contributed by atoms with E-state index in [4.69, 9.17) is 9.97 Å². The van der Waals surface area contributed by atoms with Gasteiger partial charge in [-0.15, -0.1) is 0 Å². The Kier molecular flexibility index (Phi) is 5.13. The highest BCUT2D eigenvalue weighted by atomic mass is 15.3. The first kappa shape index (κ1) is 16.2. The van der Waals surface area contributed by atoms with Gasteiger partial charge in [0.15, 0.2) is 5.82 Å². The molecule has 0 spiro atoms. The number of hydrogen-bond donors (Lipinski definition) is 1. The minimum Gasteiger partial charge on any atom is -0.365 e. The molecule has 0 atom stereocenters. The van der Waals surface area contributed by atoms with Gasteiger partial charge >= 0.3 is 0 Å². The standard InChI is InChI=1S/C18H29N5/c1-4-19-16-14(3)20-18(23-11-5-6-12-23)22-17(16)21-15-9-7-13(2)8-10-15/h4,13,15H,5-12H2,1-3H3,(H,20,21,22). The van der Waals surface area contributed by atoms with Gasteiger partial charge in [-0.2, -0.15) is 4.98 Å². The third kappa shape index (κ3) is 3.82. The molecule has 1 aromatic rings. The molecule has 126 valence electrons. The van der Waals surface area contributed by atoms with Gasteiger partial charge in [0.25, 0.3) is 0 Å². The number of nitrogens with zero attached hydrogens (tertiary/aromatic N) is 4. The fourth-order valence-electron chi connectivity index (χ4n) is 3.59. The van der Waals surface area contributed by atoms with Crippen molar-refractivity contribution in [3.63, 3.8) is 0 Å². The quantitative estimate of drug-likeness (QED) is 0.850. The number of hydrogen-bond acceptors (Lipinski definition) is 5. The highest BCUT2D eigenvalue weighted by Gasteiger charge is 2.22. The van der Waals surface area contributed by atoms with Crippen molar-refractivity contribution in [2.75, 3.05) is 23.3 Å². The number of aryl methyl sites for hydroxylation is 1. The molecule has 0 unspecified atom stereocenters. The SMILES string of the molecule is CC=Nc1c(C)nc(N2CCCC2)nc1NC1CCC(C)CC1. The molecule has 0 aromatic carbocycles. The zero-order valence-corrected chi connectivity index (χ0v) is 14.7. The van der Waals surface area contributed by atoms with Crippen molar-refractivity contribution in [2.45, 2.75) is 65.3 Å². The highest BCUT2D eigenvalue weighted by molar-refractivity contribution is 5.71. The Morgan fingerprint density at radius 2 is 1.83 bits per heavy atom. The van der Waals surface area contributed by atoms with Gasteiger partial charge in [0.2, 0.25) is 5.95 Å². The summed E-state index contributed by atoms with van der Waals surface area (Å²) in [7, 11) is 0. The van der Waals surface area contributed by atoms with E-state index in [0.29, 0.717) is 6.04 Å². The Balaban J connectivity index is 1.85. The van der Waals surface area contributed by atoms with E-state index in [9.17, 15) is 0 Å². The maximum atomic E-state index is 4.84. The second kappa shape index (κ2) is 7.28. The summed E-state index contributed by atoms with van der Waals surface area (Å²) in [6.45, 7) is 8.47. The average Bonchev–Trinajstić information content (AvgIpc) is 3.07. The van der Waals surface area contributed by atoms with Crippen LogP contribution >= 0.6 is 0 Å². The molecule has 0 amide bonds. The molecular weight excluding hydrogens is 286 g/mol. The molecule has 5 heteroatoms. The summed E-state index contributed by atoms with van der Waals surface area (Å²) in [4.78, 5) is 16.4. The molecule has 3 rings (SSSR count). The molecule has 2 aliphatic rings. The Labute approximate surface area is 139 Å². The Morgan fingerprint density at radius 3 is 2.48 bits per heavy atom. The lowest BCUT2D eigenvalue weighted by molar-refractivity contribution is 0.361. The second-order valence-corrected chi connectivity index (χ2v) is 6.99. The van der Waals surface area contributed by atoms with Gasteiger partial charge in [-0.1, -0.05) is 6.92 Å². The molecule has 1 aliphatic heterocycles. The van der Waals surface area contributed by atoms with Crippen LogP contribution in [0.4, 0.5) is 17.5 Å². The molecule has 1 aromatic heterocycles. The summed E-state index contributed by atoms with van der Waals surface area (Å²) in [5.74, 6) is 2.63. The molecule has 2 fully saturated rings. The van der Waals surface area contributed by atoms with E-state index in [1.54, 1.807) is 0 Å². The smallest absolute Gasteiger partial charge is 0.227 e. The van der Waals surface area contributed by atoms with Crippen molar-refractivity contribution in [2.24, 2.45) is 10.9 Å². The predicted molar refractivity (Wildman–Crippen MR) is 97.1 cm³/mol. The molecule has 1 N–H and O–H groups in total. The molecule has 1 saturated carbocycles. The van der Waals surface area contributed by atoms with Crippen LogP contribution in [0.3, 0.4) is 0 Å². The van der Waals surface area contributed by atoms with E-state index >= 15 is 0 Å². The second-order valence-electron chi connectivity index (χ2n) is 6.99. The van der Waals surface area contributed by atoms with Gasteiger partial charge in [-0.05, 0) is 58.3 Å². The fraction of sp³-hybridized carbons (Fsp3) is 0.722. The average molecular weight is 315 g/mol. The van der Waals surface area contributed by atoms with Crippen molar-refractivity contribution in [1.82, 2.24) is 9.97 Å². The lowest BCUT2D eigenvalue weighted by Crippen LogP contribution is -2.27. The molecule has 1 aliphatic carbocycles. The van der Waals surface area contributed by atoms with Crippen molar-refractivity contribution in [3.05, 3.63) is 5.69 Å². The van der Waals surface area contributed by atoms with E-state index in [2.05, 4.69) is 22.1 Å². The van der Waals surface area contributed by atoms with E-state index in [0.717, 1.165) is 42.2 Å².